The summed E-state index contributed by atoms with van der Waals surface area (Å²) in [5, 5.41) is 5.15. The quantitative estimate of drug-likeness (QED) is 0.690. The van der Waals surface area contributed by atoms with Gasteiger partial charge >= 0.3 is 0 Å². The number of hydrogen-bond donors (Lipinski definition) is 1. The van der Waals surface area contributed by atoms with Crippen molar-refractivity contribution < 1.29 is 14.3 Å². The van der Waals surface area contributed by atoms with Gasteiger partial charge in [-0.25, -0.2) is 0 Å². The van der Waals surface area contributed by atoms with Gasteiger partial charge in [0.15, 0.2) is 11.5 Å². The van der Waals surface area contributed by atoms with Gasteiger partial charge in [0.25, 0.3) is 0 Å². The van der Waals surface area contributed by atoms with Crippen LogP contribution < -0.4 is 14.8 Å². The zero-order valence-electron chi connectivity index (χ0n) is 15.9. The van der Waals surface area contributed by atoms with Crippen LogP contribution >= 0.6 is 0 Å². The van der Waals surface area contributed by atoms with Gasteiger partial charge in [0.05, 0.1) is 20.8 Å². The summed E-state index contributed by atoms with van der Waals surface area (Å²) in [5.41, 5.74) is 1.79. The minimum atomic E-state index is -0.0595. The van der Waals surface area contributed by atoms with E-state index in [-0.39, 0.29) is 12.5 Å². The van der Waals surface area contributed by atoms with Crippen LogP contribution in [0, 0.1) is 0 Å². The van der Waals surface area contributed by atoms with Crippen LogP contribution in [-0.2, 0) is 11.3 Å². The third kappa shape index (κ3) is 4.38. The van der Waals surface area contributed by atoms with E-state index in [1.54, 1.807) is 14.2 Å². The third-order valence-corrected chi connectivity index (χ3v) is 4.40. The lowest BCUT2D eigenvalue weighted by molar-refractivity contribution is -0.117. The number of methoxy groups -OCH3 is 2. The first kappa shape index (κ1) is 18.7. The van der Waals surface area contributed by atoms with E-state index >= 15 is 0 Å². The summed E-state index contributed by atoms with van der Waals surface area (Å²) >= 11 is 0. The fraction of sp³-hybridized carbons (Fsp3) is 0.227. The lowest BCUT2D eigenvalue weighted by Crippen LogP contribution is -2.30. The first-order valence-corrected chi connectivity index (χ1v) is 8.78. The number of ether oxygens (including phenoxy) is 2. The largest absolute Gasteiger partial charge is 0.493 e. The molecule has 5 heteroatoms. The molecule has 3 aromatic carbocycles. The molecule has 3 aromatic rings. The topological polar surface area (TPSA) is 50.8 Å². The molecule has 0 spiro atoms. The molecule has 0 saturated carbocycles. The molecule has 0 unspecified atom stereocenters. The molecular formula is C22H24N2O3. The van der Waals surface area contributed by atoms with Crippen LogP contribution in [0.1, 0.15) is 5.56 Å². The van der Waals surface area contributed by atoms with Crippen molar-refractivity contribution in [2.75, 3.05) is 33.1 Å². The van der Waals surface area contributed by atoms with E-state index in [1.165, 1.54) is 0 Å². The van der Waals surface area contributed by atoms with Crippen molar-refractivity contribution in [3.05, 3.63) is 66.2 Å². The second-order valence-electron chi connectivity index (χ2n) is 6.40. The molecule has 0 aliphatic carbocycles. The number of anilines is 1. The van der Waals surface area contributed by atoms with Gasteiger partial charge in [-0.2, -0.15) is 0 Å². The molecule has 27 heavy (non-hydrogen) atoms. The maximum absolute atomic E-state index is 12.5. The smallest absolute Gasteiger partial charge is 0.238 e. The van der Waals surface area contributed by atoms with Crippen LogP contribution in [0.3, 0.4) is 0 Å². The summed E-state index contributed by atoms with van der Waals surface area (Å²) in [6.45, 7) is 0.840. The average molecular weight is 364 g/mol. The molecule has 0 atom stereocenters. The second-order valence-corrected chi connectivity index (χ2v) is 6.40. The van der Waals surface area contributed by atoms with Crippen molar-refractivity contribution in [2.24, 2.45) is 0 Å². The van der Waals surface area contributed by atoms with Crippen molar-refractivity contribution in [1.82, 2.24) is 4.90 Å². The average Bonchev–Trinajstić information content (AvgIpc) is 2.67. The molecule has 3 rings (SSSR count). The Kier molecular flexibility index (Phi) is 5.94. The zero-order chi connectivity index (χ0) is 19.2. The van der Waals surface area contributed by atoms with Gasteiger partial charge in [0, 0.05) is 23.2 Å². The fourth-order valence-electron chi connectivity index (χ4n) is 3.19. The van der Waals surface area contributed by atoms with Crippen molar-refractivity contribution in [1.29, 1.82) is 0 Å². The number of carbonyl (C=O) groups is 1. The number of para-hydroxylation sites is 1. The van der Waals surface area contributed by atoms with Crippen molar-refractivity contribution >= 4 is 22.4 Å². The summed E-state index contributed by atoms with van der Waals surface area (Å²) in [7, 11) is 5.14. The molecule has 0 saturated heterocycles. The monoisotopic (exact) mass is 364 g/mol. The SMILES string of the molecule is COc1cccc(CN(C)CC(=O)Nc2cccc3ccccc23)c1OC. The van der Waals surface area contributed by atoms with Gasteiger partial charge in [0.2, 0.25) is 5.91 Å². The van der Waals surface area contributed by atoms with E-state index in [0.29, 0.717) is 18.0 Å². The van der Waals surface area contributed by atoms with E-state index in [1.807, 2.05) is 72.6 Å². The van der Waals surface area contributed by atoms with E-state index in [2.05, 4.69) is 5.32 Å². The van der Waals surface area contributed by atoms with Crippen molar-refractivity contribution in [3.63, 3.8) is 0 Å². The Labute approximate surface area is 159 Å². The summed E-state index contributed by atoms with van der Waals surface area (Å²) in [6, 6.07) is 19.7. The highest BCUT2D eigenvalue weighted by Gasteiger charge is 2.14. The summed E-state index contributed by atoms with van der Waals surface area (Å²) in [4.78, 5) is 14.5. The van der Waals surface area contributed by atoms with E-state index in [4.69, 9.17) is 9.47 Å². The lowest BCUT2D eigenvalue weighted by Gasteiger charge is -2.19. The maximum Gasteiger partial charge on any atom is 0.238 e. The fourth-order valence-corrected chi connectivity index (χ4v) is 3.19. The second kappa shape index (κ2) is 8.56. The molecule has 0 aliphatic heterocycles. The van der Waals surface area contributed by atoms with Crippen molar-refractivity contribution in [2.45, 2.75) is 6.54 Å². The Hall–Kier alpha value is -3.05. The number of rotatable bonds is 7. The normalized spacial score (nSPS) is 10.8. The maximum atomic E-state index is 12.5. The van der Waals surface area contributed by atoms with Crippen LogP contribution in [0.25, 0.3) is 10.8 Å². The van der Waals surface area contributed by atoms with E-state index in [0.717, 1.165) is 22.0 Å². The third-order valence-electron chi connectivity index (χ3n) is 4.40. The van der Waals surface area contributed by atoms with Crippen LogP contribution in [-0.4, -0.2) is 38.6 Å². The first-order chi connectivity index (χ1) is 13.1. The molecule has 5 nitrogen and oxygen atoms in total. The number of nitrogens with zero attached hydrogens (tertiary/aromatic N) is 1. The van der Waals surface area contributed by atoms with E-state index < -0.39 is 0 Å². The van der Waals surface area contributed by atoms with Gasteiger partial charge in [-0.1, -0.05) is 48.5 Å². The Morgan fingerprint density at radius 1 is 0.963 bits per heavy atom. The highest BCUT2D eigenvalue weighted by molar-refractivity contribution is 6.02. The summed E-state index contributed by atoms with van der Waals surface area (Å²) in [5.74, 6) is 1.32. The van der Waals surface area contributed by atoms with Crippen LogP contribution in [0.5, 0.6) is 11.5 Å². The Balaban J connectivity index is 1.68. The molecule has 1 N–H and O–H groups in total. The van der Waals surface area contributed by atoms with Gasteiger partial charge < -0.3 is 14.8 Å². The number of likely N-dealkylation sites (N-methyl/N-ethyl adjacent to an activating group) is 1. The predicted octanol–water partition coefficient (Wildman–Crippen LogP) is 3.93. The molecule has 1 amide bonds. The Morgan fingerprint density at radius 3 is 2.48 bits per heavy atom. The van der Waals surface area contributed by atoms with E-state index in [9.17, 15) is 4.79 Å². The lowest BCUT2D eigenvalue weighted by atomic mass is 10.1. The minimum absolute atomic E-state index is 0.0595. The summed E-state index contributed by atoms with van der Waals surface area (Å²) in [6.07, 6.45) is 0. The number of benzene rings is 3. The number of amides is 1. The van der Waals surface area contributed by atoms with Gasteiger partial charge in [-0.15, -0.1) is 0 Å². The van der Waals surface area contributed by atoms with Crippen LogP contribution in [0.2, 0.25) is 0 Å². The number of nitrogens with one attached hydrogen (secondary N) is 1. The van der Waals surface area contributed by atoms with Gasteiger partial charge in [-0.3, -0.25) is 9.69 Å². The first-order valence-electron chi connectivity index (χ1n) is 8.78. The Morgan fingerprint density at radius 2 is 1.70 bits per heavy atom. The molecule has 0 aliphatic rings. The number of fused-ring (bicyclic) bond motifs is 1. The molecule has 0 aromatic heterocycles. The van der Waals surface area contributed by atoms with Gasteiger partial charge in [0.1, 0.15) is 0 Å². The van der Waals surface area contributed by atoms with Crippen LogP contribution in [0.15, 0.2) is 60.7 Å². The zero-order valence-corrected chi connectivity index (χ0v) is 15.9. The molecular weight excluding hydrogens is 340 g/mol. The van der Waals surface area contributed by atoms with Crippen LogP contribution in [0.4, 0.5) is 5.69 Å². The number of carbonyl (C=O) groups excluding carboxylic acids is 1. The molecule has 0 fully saturated rings. The molecule has 0 heterocycles. The Bertz CT molecular complexity index is 934. The summed E-state index contributed by atoms with van der Waals surface area (Å²) < 4.78 is 10.8. The standard InChI is InChI=1S/C22H24N2O3/c1-24(14-17-10-7-13-20(26-2)22(17)27-3)15-21(25)23-19-12-6-9-16-8-4-5-11-18(16)19/h4-13H,14-15H2,1-3H3,(H,23,25). The minimum Gasteiger partial charge on any atom is -0.493 e. The molecule has 0 radical (unpaired) electrons. The van der Waals surface area contributed by atoms with Gasteiger partial charge in [-0.05, 0) is 24.6 Å². The highest BCUT2D eigenvalue weighted by Crippen LogP contribution is 2.31. The highest BCUT2D eigenvalue weighted by atomic mass is 16.5. The molecule has 0 bridgehead atoms. The molecule has 140 valence electrons. The predicted molar refractivity (Wildman–Crippen MR) is 108 cm³/mol. The number of hydrogen-bond acceptors (Lipinski definition) is 4. The van der Waals surface area contributed by atoms with Crippen molar-refractivity contribution in [3.8, 4) is 11.5 Å².